The van der Waals surface area contributed by atoms with Crippen molar-refractivity contribution in [1.29, 1.82) is 0 Å². The molecule has 1 nitrogen and oxygen atoms in total. The van der Waals surface area contributed by atoms with E-state index < -0.39 is 6.51 Å². The number of fused-ring (bicyclic) bond motifs is 10. The molecule has 0 saturated carbocycles. The van der Waals surface area contributed by atoms with E-state index in [2.05, 4.69) is 29.5 Å². The summed E-state index contributed by atoms with van der Waals surface area (Å²) in [6.07, 6.45) is 0.693. The quantitative estimate of drug-likeness (QED) is 0.403. The summed E-state index contributed by atoms with van der Waals surface area (Å²) in [6.45, 7) is -0.296. The molecule has 0 aliphatic carbocycles. The van der Waals surface area contributed by atoms with Gasteiger partial charge in [-0.2, -0.15) is 0 Å². The second-order valence-corrected chi connectivity index (χ2v) is 34.9. The predicted octanol–water partition coefficient (Wildman–Crippen LogP) is 4.54. The van der Waals surface area contributed by atoms with E-state index in [9.17, 15) is 0 Å². The Bertz CT molecular complexity index is 838. The maximum atomic E-state index is 6.19. The van der Waals surface area contributed by atoms with Crippen molar-refractivity contribution in [1.82, 2.24) is 0 Å². The summed E-state index contributed by atoms with van der Waals surface area (Å²) in [5.74, 6) is 0. The summed E-state index contributed by atoms with van der Waals surface area (Å²) >= 11 is 2.42. The molecular weight excluding hydrogens is 355 g/mol. The van der Waals surface area contributed by atoms with Crippen LogP contribution >= 0.6 is 22.6 Å². The monoisotopic (exact) mass is 370 g/mol. The molecule has 0 N–H and O–H groups in total. The Morgan fingerprint density at radius 2 is 1.56 bits per heavy atom. The summed E-state index contributed by atoms with van der Waals surface area (Å²) in [5, 5.41) is 0. The summed E-state index contributed by atoms with van der Waals surface area (Å²) < 4.78 is 8.11. The Kier molecular flexibility index (Phi) is 0.218. The Labute approximate surface area is 98.5 Å². The Morgan fingerprint density at radius 1 is 1.06 bits per heavy atom. The second kappa shape index (κ2) is 0.529. The number of hydrogen-bond acceptors (Lipinski definition) is 1. The van der Waals surface area contributed by atoms with E-state index in [1.54, 1.807) is 0 Å². The molecule has 0 aromatic heterocycles. The van der Waals surface area contributed by atoms with Gasteiger partial charge in [0.2, 0.25) is 0 Å². The van der Waals surface area contributed by atoms with E-state index in [0.717, 1.165) is 8.93 Å². The molecule has 10 heterocycles. The SMILES string of the molecule is CC(OCI)[C]12[CH]3[CH]4[CH]5[CH]1[Fe]45321678[CH]2[CH]1[CH]6[CH]7[CH]28. The van der Waals surface area contributed by atoms with Crippen molar-refractivity contribution in [2.24, 2.45) is 0 Å². The molecule has 10 rings (SSSR count). The minimum absolute atomic E-state index is 0.693. The number of hydrogen-bond donors (Lipinski definition) is 0. The van der Waals surface area contributed by atoms with Gasteiger partial charge in [-0.05, 0) is 0 Å². The Morgan fingerprint density at radius 3 is 1.81 bits per heavy atom. The molecular formula is C13H15FeIO. The van der Waals surface area contributed by atoms with Crippen LogP contribution in [0.1, 0.15) is 6.92 Å². The van der Waals surface area contributed by atoms with Crippen molar-refractivity contribution in [3.63, 3.8) is 0 Å². The molecule has 0 bridgehead atoms. The van der Waals surface area contributed by atoms with Gasteiger partial charge in [0.05, 0.1) is 0 Å². The Balaban J connectivity index is 1.60. The van der Waals surface area contributed by atoms with E-state index in [4.69, 9.17) is 4.74 Å². The molecule has 3 heteroatoms. The Hall–Kier alpha value is 1.21. The molecule has 10 saturated heterocycles. The third-order valence-corrected chi connectivity index (χ3v) is 58.8. The van der Waals surface area contributed by atoms with Crippen LogP contribution in [0.15, 0.2) is 0 Å². The molecule has 16 heavy (non-hydrogen) atoms. The van der Waals surface area contributed by atoms with Crippen molar-refractivity contribution >= 4 is 22.6 Å². The van der Waals surface area contributed by atoms with Crippen LogP contribution < -0.4 is 0 Å². The van der Waals surface area contributed by atoms with Crippen LogP contribution in [0.2, 0.25) is 47.7 Å². The third kappa shape index (κ3) is 0.0616. The van der Waals surface area contributed by atoms with Crippen LogP contribution in [0, 0.1) is 0 Å². The van der Waals surface area contributed by atoms with E-state index in [-0.39, 0.29) is 0 Å². The summed E-state index contributed by atoms with van der Waals surface area (Å²) in [7, 11) is 0. The molecule has 0 amide bonds. The number of halogens is 1. The number of ether oxygens (including phenoxy) is 1. The molecule has 0 aromatic carbocycles. The number of rotatable bonds is 3. The van der Waals surface area contributed by atoms with Crippen molar-refractivity contribution < 1.29 is 11.2 Å². The normalized spacial score (nSPS) is 128. The van der Waals surface area contributed by atoms with Crippen LogP contribution in [0.3, 0.4) is 0 Å². The van der Waals surface area contributed by atoms with Gasteiger partial charge in [0, 0.05) is 0 Å². The van der Waals surface area contributed by atoms with Gasteiger partial charge in [-0.15, -0.1) is 0 Å². The molecule has 0 radical (unpaired) electrons. The topological polar surface area (TPSA) is 9.23 Å². The van der Waals surface area contributed by atoms with Crippen molar-refractivity contribution in [3.8, 4) is 0 Å². The van der Waals surface area contributed by atoms with Gasteiger partial charge < -0.3 is 0 Å². The van der Waals surface area contributed by atoms with Gasteiger partial charge in [-0.25, -0.2) is 0 Å². The van der Waals surface area contributed by atoms with E-state index in [1.807, 2.05) is 0 Å². The van der Waals surface area contributed by atoms with Gasteiger partial charge in [0.1, 0.15) is 0 Å². The summed E-state index contributed by atoms with van der Waals surface area (Å²) in [5.41, 5.74) is 0. The summed E-state index contributed by atoms with van der Waals surface area (Å²) in [4.78, 5) is 13.1. The van der Waals surface area contributed by atoms with E-state index >= 15 is 0 Å². The molecule has 10 fully saturated rings. The van der Waals surface area contributed by atoms with Gasteiger partial charge >= 0.3 is 99.1 Å². The first-order valence-corrected chi connectivity index (χ1v) is 14.7. The zero-order valence-corrected chi connectivity index (χ0v) is 12.4. The third-order valence-electron chi connectivity index (χ3n) is 15.7. The predicted molar refractivity (Wildman–Crippen MR) is 65.9 cm³/mol. The second-order valence-electron chi connectivity index (χ2n) is 10.7. The number of alkyl halides is 1. The fourth-order valence-corrected chi connectivity index (χ4v) is 93.8. The fourth-order valence-electron chi connectivity index (χ4n) is 17.7. The van der Waals surface area contributed by atoms with Gasteiger partial charge in [-0.1, -0.05) is 0 Å². The first-order chi connectivity index (χ1) is 7.53. The molecule has 5 unspecified atom stereocenters. The molecule has 88 valence electrons. The van der Waals surface area contributed by atoms with E-state index in [0.29, 0.717) is 6.10 Å². The first kappa shape index (κ1) is 6.58. The van der Waals surface area contributed by atoms with Gasteiger partial charge in [0.25, 0.3) is 0 Å². The van der Waals surface area contributed by atoms with Crippen LogP contribution in [-0.4, -0.2) is 10.7 Å². The minimum atomic E-state index is -2.78. The molecule has 1 spiro atoms. The van der Waals surface area contributed by atoms with Crippen LogP contribution in [0.25, 0.3) is 0 Å². The molecule has 10 aliphatic heterocycles. The zero-order chi connectivity index (χ0) is 10.0. The average Bonchev–Trinajstić information content (AvgIpc) is 3.23. The standard InChI is InChI=1S/C8H10IO.C5H5.Fe/c1-7(10-6-9)8-4-2-3-5-8;1-2-4-5-3-1;/h2-5,7H,6H2,1H3;1-5H;. The van der Waals surface area contributed by atoms with Crippen molar-refractivity contribution in [3.05, 3.63) is 0 Å². The fraction of sp³-hybridized carbons (Fsp3) is 1.00. The first-order valence-electron chi connectivity index (χ1n) is 6.92. The van der Waals surface area contributed by atoms with Gasteiger partial charge in [-0.3, -0.25) is 0 Å². The van der Waals surface area contributed by atoms with Crippen LogP contribution in [-0.2, 0) is 11.2 Å². The maximum absolute atomic E-state index is 6.19. The van der Waals surface area contributed by atoms with E-state index in [1.165, 1.54) is 43.3 Å². The average molecular weight is 370 g/mol. The van der Waals surface area contributed by atoms with Crippen molar-refractivity contribution in [2.45, 2.75) is 60.7 Å². The zero-order valence-electron chi connectivity index (χ0n) is 9.12. The van der Waals surface area contributed by atoms with Crippen molar-refractivity contribution in [2.75, 3.05) is 4.61 Å². The van der Waals surface area contributed by atoms with Crippen LogP contribution in [0.4, 0.5) is 0 Å². The summed E-state index contributed by atoms with van der Waals surface area (Å²) in [6, 6.07) is 0. The molecule has 10 aliphatic rings. The molecule has 5 atom stereocenters. The van der Waals surface area contributed by atoms with Crippen LogP contribution in [0.5, 0.6) is 0 Å². The van der Waals surface area contributed by atoms with Gasteiger partial charge in [0.15, 0.2) is 0 Å². The molecule has 0 aromatic rings.